The van der Waals surface area contributed by atoms with Gasteiger partial charge in [-0.2, -0.15) is 0 Å². The Morgan fingerprint density at radius 2 is 1.96 bits per heavy atom. The number of benzene rings is 1. The van der Waals surface area contributed by atoms with Crippen molar-refractivity contribution in [3.8, 4) is 5.88 Å². The van der Waals surface area contributed by atoms with E-state index in [0.29, 0.717) is 24.6 Å². The van der Waals surface area contributed by atoms with Crippen LogP contribution in [0.4, 0.5) is 14.9 Å². The van der Waals surface area contributed by atoms with Crippen LogP contribution in [0.3, 0.4) is 0 Å². The minimum atomic E-state index is -0.601. The van der Waals surface area contributed by atoms with E-state index in [9.17, 15) is 9.18 Å². The first-order valence-electron chi connectivity index (χ1n) is 9.52. The third-order valence-corrected chi connectivity index (χ3v) is 4.55. The Balaban J connectivity index is 1.95. The van der Waals surface area contributed by atoms with Crippen molar-refractivity contribution in [1.29, 1.82) is 0 Å². The van der Waals surface area contributed by atoms with Crippen molar-refractivity contribution in [3.63, 3.8) is 0 Å². The summed E-state index contributed by atoms with van der Waals surface area (Å²) in [6.07, 6.45) is 1.90. The summed E-state index contributed by atoms with van der Waals surface area (Å²) in [5, 5.41) is 0. The summed E-state index contributed by atoms with van der Waals surface area (Å²) < 4.78 is 24.6. The molecule has 2 aromatic rings. The zero-order chi connectivity index (χ0) is 20.5. The number of aromatic nitrogens is 1. The van der Waals surface area contributed by atoms with Crippen LogP contribution in [0.15, 0.2) is 36.5 Å². The van der Waals surface area contributed by atoms with E-state index in [0.717, 1.165) is 11.1 Å². The molecule has 0 spiro atoms. The van der Waals surface area contributed by atoms with Crippen LogP contribution in [0.2, 0.25) is 0 Å². The maximum absolute atomic E-state index is 13.2. The van der Waals surface area contributed by atoms with Gasteiger partial charge in [0.1, 0.15) is 23.7 Å². The molecule has 2 heterocycles. The van der Waals surface area contributed by atoms with Crippen molar-refractivity contribution in [1.82, 2.24) is 4.98 Å². The Bertz CT molecular complexity index is 844. The largest absolute Gasteiger partial charge is 0.474 e. The summed E-state index contributed by atoms with van der Waals surface area (Å²) in [4.78, 5) is 19.0. The molecule has 1 amide bonds. The van der Waals surface area contributed by atoms with Gasteiger partial charge < -0.3 is 9.47 Å². The monoisotopic (exact) mass is 386 g/mol. The molecule has 0 saturated carbocycles. The smallest absolute Gasteiger partial charge is 0.415 e. The first-order chi connectivity index (χ1) is 13.1. The van der Waals surface area contributed by atoms with Crippen molar-refractivity contribution in [2.45, 2.75) is 52.7 Å². The number of halogens is 1. The van der Waals surface area contributed by atoms with Gasteiger partial charge in [-0.25, -0.2) is 14.2 Å². The second-order valence-corrected chi connectivity index (χ2v) is 8.44. The Kier molecular flexibility index (Phi) is 5.59. The zero-order valence-electron chi connectivity index (χ0n) is 17.0. The van der Waals surface area contributed by atoms with Gasteiger partial charge >= 0.3 is 6.09 Å². The number of rotatable bonds is 3. The molecule has 28 heavy (non-hydrogen) atoms. The summed E-state index contributed by atoms with van der Waals surface area (Å²) in [6.45, 7) is 10.0. The van der Waals surface area contributed by atoms with Gasteiger partial charge in [0.25, 0.3) is 0 Å². The third-order valence-electron chi connectivity index (χ3n) is 4.55. The molecule has 0 radical (unpaired) electrons. The summed E-state index contributed by atoms with van der Waals surface area (Å²) in [5.74, 6) is 0.337. The van der Waals surface area contributed by atoms with Gasteiger partial charge in [0.2, 0.25) is 5.88 Å². The Morgan fingerprint density at radius 3 is 2.57 bits per heavy atom. The van der Waals surface area contributed by atoms with Gasteiger partial charge in [0.05, 0.1) is 6.04 Å². The van der Waals surface area contributed by atoms with E-state index >= 15 is 0 Å². The van der Waals surface area contributed by atoms with Crippen molar-refractivity contribution < 1.29 is 18.7 Å². The number of hydrogen-bond acceptors (Lipinski definition) is 4. The van der Waals surface area contributed by atoms with Gasteiger partial charge in [0, 0.05) is 6.20 Å². The highest BCUT2D eigenvalue weighted by atomic mass is 19.1. The molecular formula is C22H27FN2O3. The molecule has 1 aromatic heterocycles. The molecule has 1 aliphatic heterocycles. The Hall–Kier alpha value is -2.63. The molecule has 0 aliphatic carbocycles. The van der Waals surface area contributed by atoms with E-state index in [1.54, 1.807) is 23.2 Å². The number of carbonyl (C=O) groups is 1. The Morgan fingerprint density at radius 1 is 1.29 bits per heavy atom. The lowest BCUT2D eigenvalue weighted by atomic mass is 10.0. The van der Waals surface area contributed by atoms with Gasteiger partial charge in [-0.15, -0.1) is 0 Å². The highest BCUT2D eigenvalue weighted by molar-refractivity contribution is 5.91. The van der Waals surface area contributed by atoms with Crippen LogP contribution in [-0.2, 0) is 11.2 Å². The molecule has 1 aliphatic rings. The van der Waals surface area contributed by atoms with E-state index < -0.39 is 11.7 Å². The molecule has 0 unspecified atom stereocenters. The van der Waals surface area contributed by atoms with E-state index in [4.69, 9.17) is 9.47 Å². The van der Waals surface area contributed by atoms with Crippen LogP contribution in [0.1, 0.15) is 45.7 Å². The molecule has 0 bridgehead atoms. The molecular weight excluding hydrogens is 359 g/mol. The van der Waals surface area contributed by atoms with Crippen molar-refractivity contribution in [3.05, 3.63) is 53.5 Å². The van der Waals surface area contributed by atoms with Gasteiger partial charge in [0.15, 0.2) is 0 Å². The summed E-state index contributed by atoms with van der Waals surface area (Å²) in [7, 11) is 0. The van der Waals surface area contributed by atoms with Crippen molar-refractivity contribution in [2.75, 3.05) is 11.5 Å². The quantitative estimate of drug-likeness (QED) is 0.747. The Labute approximate surface area is 165 Å². The molecule has 0 saturated heterocycles. The van der Waals surface area contributed by atoms with Crippen molar-refractivity contribution in [2.24, 2.45) is 5.92 Å². The van der Waals surface area contributed by atoms with E-state index in [2.05, 4.69) is 4.98 Å². The van der Waals surface area contributed by atoms with Crippen LogP contribution in [-0.4, -0.2) is 29.3 Å². The average Bonchev–Trinajstić information content (AvgIpc) is 2.61. The van der Waals surface area contributed by atoms with Gasteiger partial charge in [-0.05, 0) is 62.4 Å². The van der Waals surface area contributed by atoms with Crippen LogP contribution >= 0.6 is 0 Å². The molecule has 1 atom stereocenters. The van der Waals surface area contributed by atoms with E-state index in [-0.39, 0.29) is 17.8 Å². The number of ether oxygens (including phenoxy) is 2. The predicted molar refractivity (Wildman–Crippen MR) is 106 cm³/mol. The fourth-order valence-electron chi connectivity index (χ4n) is 3.15. The normalized spacial score (nSPS) is 16.5. The topological polar surface area (TPSA) is 51.7 Å². The van der Waals surface area contributed by atoms with E-state index in [1.807, 2.05) is 40.7 Å². The lowest BCUT2D eigenvalue weighted by molar-refractivity contribution is 0.0526. The maximum Gasteiger partial charge on any atom is 0.415 e. The van der Waals surface area contributed by atoms with Crippen LogP contribution in [0.25, 0.3) is 0 Å². The molecule has 6 heteroatoms. The summed E-state index contributed by atoms with van der Waals surface area (Å²) >= 11 is 0. The second-order valence-electron chi connectivity index (χ2n) is 8.44. The third kappa shape index (κ3) is 4.61. The van der Waals surface area contributed by atoms with Crippen molar-refractivity contribution >= 4 is 11.8 Å². The van der Waals surface area contributed by atoms with Crippen LogP contribution < -0.4 is 9.64 Å². The zero-order valence-corrected chi connectivity index (χ0v) is 17.0. The first-order valence-corrected chi connectivity index (χ1v) is 9.52. The van der Waals surface area contributed by atoms with E-state index in [1.165, 1.54) is 12.1 Å². The second kappa shape index (κ2) is 7.78. The molecule has 3 rings (SSSR count). The molecule has 1 aromatic carbocycles. The number of fused-ring (bicyclic) bond motifs is 1. The van der Waals surface area contributed by atoms with Crippen LogP contribution in [0, 0.1) is 11.7 Å². The minimum absolute atomic E-state index is 0.148. The number of hydrogen-bond donors (Lipinski definition) is 0. The number of amides is 1. The standard InChI is InChI=1S/C22H27FN2O3/c1-14(2)19-13-27-20-18(25(19)21(26)28-22(3,4)5)11-16(12-24-20)10-15-6-8-17(23)9-7-15/h6-9,11-12,14,19H,10,13H2,1-5H3/t19-/m1/s1. The first kappa shape index (κ1) is 20.1. The maximum atomic E-state index is 13.2. The lowest BCUT2D eigenvalue weighted by Gasteiger charge is -2.39. The number of carbonyl (C=O) groups excluding carboxylic acids is 1. The number of anilines is 1. The SMILES string of the molecule is CC(C)[C@H]1COc2ncc(Cc3ccc(F)cc3)cc2N1C(=O)OC(C)(C)C. The van der Waals surface area contributed by atoms with Gasteiger partial charge in [-0.3, -0.25) is 4.90 Å². The molecule has 0 N–H and O–H groups in total. The van der Waals surface area contributed by atoms with Gasteiger partial charge in [-0.1, -0.05) is 26.0 Å². The fourth-order valence-corrected chi connectivity index (χ4v) is 3.15. The predicted octanol–water partition coefficient (Wildman–Crippen LogP) is 4.97. The molecule has 0 fully saturated rings. The molecule has 5 nitrogen and oxygen atoms in total. The highest BCUT2D eigenvalue weighted by Crippen LogP contribution is 2.36. The summed E-state index contributed by atoms with van der Waals surface area (Å²) in [6, 6.07) is 8.12. The average molecular weight is 386 g/mol. The summed E-state index contributed by atoms with van der Waals surface area (Å²) in [5.41, 5.74) is 1.88. The number of nitrogens with zero attached hydrogens (tertiary/aromatic N) is 2. The molecule has 150 valence electrons. The van der Waals surface area contributed by atoms with Crippen LogP contribution in [0.5, 0.6) is 5.88 Å². The number of pyridine rings is 1. The minimum Gasteiger partial charge on any atom is -0.474 e. The lowest BCUT2D eigenvalue weighted by Crippen LogP contribution is -2.51. The highest BCUT2D eigenvalue weighted by Gasteiger charge is 2.37. The fraction of sp³-hybridized carbons (Fsp3) is 0.455.